The van der Waals surface area contributed by atoms with Crippen LogP contribution in [-0.4, -0.2) is 14.7 Å². The first-order chi connectivity index (χ1) is 6.59. The Hall–Kier alpha value is -1.42. The Morgan fingerprint density at radius 3 is 2.57 bits per heavy atom. The molecule has 0 saturated heterocycles. The highest BCUT2D eigenvalue weighted by Gasteiger charge is 2.18. The fraction of sp³-hybridized carbons (Fsp3) is 0.100. The molecule has 0 fully saturated rings. The monoisotopic (exact) mass is 208 g/mol. The van der Waals surface area contributed by atoms with Crippen LogP contribution in [0.2, 0.25) is 0 Å². The van der Waals surface area contributed by atoms with Gasteiger partial charge in [-0.05, 0) is 11.5 Å². The van der Waals surface area contributed by atoms with Gasteiger partial charge in [0.15, 0.2) is 6.20 Å². The van der Waals surface area contributed by atoms with E-state index < -0.39 is 9.84 Å². The third-order valence-corrected chi connectivity index (χ3v) is 3.13. The molecule has 0 radical (unpaired) electrons. The molecule has 0 aliphatic carbocycles. The first kappa shape index (κ1) is 9.15. The van der Waals surface area contributed by atoms with Gasteiger partial charge in [-0.25, -0.2) is 13.4 Å². The number of fused-ring (bicyclic) bond motifs is 1. The summed E-state index contributed by atoms with van der Waals surface area (Å²) in [5.41, 5.74) is 0. The van der Waals surface area contributed by atoms with Crippen molar-refractivity contribution in [1.29, 1.82) is 0 Å². The number of aromatic amines is 1. The molecule has 1 heterocycles. The Morgan fingerprint density at radius 2 is 1.86 bits per heavy atom. The third-order valence-electron chi connectivity index (χ3n) is 2.05. The largest absolute Gasteiger partial charge is 0.303 e. The van der Waals surface area contributed by atoms with Gasteiger partial charge in [0.05, 0.1) is 5.39 Å². The standard InChI is InChI=1S/C10H9NO2S/c1-14(12,13)10-9-5-3-2-4-8(9)6-7-11-10/h2-7H,1H3/p+1. The molecular formula is C10H10NO2S+. The Labute approximate surface area is 82.3 Å². The molecule has 2 rings (SSSR count). The molecule has 0 aliphatic rings. The molecule has 14 heavy (non-hydrogen) atoms. The van der Waals surface area contributed by atoms with E-state index in [1.54, 1.807) is 12.3 Å². The van der Waals surface area contributed by atoms with E-state index in [1.165, 1.54) is 6.26 Å². The van der Waals surface area contributed by atoms with Crippen LogP contribution in [0.5, 0.6) is 0 Å². The highest BCUT2D eigenvalue weighted by atomic mass is 32.2. The van der Waals surface area contributed by atoms with Crippen molar-refractivity contribution >= 4 is 20.6 Å². The summed E-state index contributed by atoms with van der Waals surface area (Å²) in [4.78, 5) is 2.76. The first-order valence-electron chi connectivity index (χ1n) is 4.18. The predicted molar refractivity (Wildman–Crippen MR) is 53.6 cm³/mol. The lowest BCUT2D eigenvalue weighted by Gasteiger charge is -1.96. The molecule has 0 atom stereocenters. The van der Waals surface area contributed by atoms with Gasteiger partial charge >= 0.3 is 5.03 Å². The number of sulfone groups is 1. The lowest BCUT2D eigenvalue weighted by atomic mass is 10.2. The number of H-pyrrole nitrogens is 1. The van der Waals surface area contributed by atoms with E-state index in [9.17, 15) is 8.42 Å². The van der Waals surface area contributed by atoms with Crippen LogP contribution in [0, 0.1) is 0 Å². The van der Waals surface area contributed by atoms with Crippen LogP contribution in [0.3, 0.4) is 0 Å². The number of rotatable bonds is 1. The molecule has 1 aromatic heterocycles. The van der Waals surface area contributed by atoms with Gasteiger partial charge in [0.2, 0.25) is 9.84 Å². The van der Waals surface area contributed by atoms with Gasteiger partial charge in [0.25, 0.3) is 0 Å². The minimum absolute atomic E-state index is 0.274. The third kappa shape index (κ3) is 1.48. The van der Waals surface area contributed by atoms with Crippen LogP contribution < -0.4 is 4.98 Å². The smallest absolute Gasteiger partial charge is 0.218 e. The molecule has 72 valence electrons. The van der Waals surface area contributed by atoms with Crippen LogP contribution in [0.25, 0.3) is 10.8 Å². The van der Waals surface area contributed by atoms with Gasteiger partial charge in [0, 0.05) is 12.3 Å². The number of hydrogen-bond acceptors (Lipinski definition) is 2. The van der Waals surface area contributed by atoms with E-state index in [1.807, 2.05) is 24.3 Å². The van der Waals surface area contributed by atoms with Crippen LogP contribution in [-0.2, 0) is 9.84 Å². The number of nitrogens with one attached hydrogen (secondary N) is 1. The van der Waals surface area contributed by atoms with E-state index in [4.69, 9.17) is 0 Å². The normalized spacial score (nSPS) is 11.8. The number of pyridine rings is 1. The van der Waals surface area contributed by atoms with E-state index >= 15 is 0 Å². The molecule has 2 aromatic rings. The molecule has 0 aliphatic heterocycles. The van der Waals surface area contributed by atoms with Crippen molar-refractivity contribution in [1.82, 2.24) is 0 Å². The number of hydrogen-bond donors (Lipinski definition) is 0. The molecule has 0 amide bonds. The summed E-state index contributed by atoms with van der Waals surface area (Å²) in [6, 6.07) is 9.24. The molecule has 1 N–H and O–H groups in total. The van der Waals surface area contributed by atoms with Crippen LogP contribution in [0.15, 0.2) is 41.6 Å². The lowest BCUT2D eigenvalue weighted by Crippen LogP contribution is -2.15. The summed E-state index contributed by atoms with van der Waals surface area (Å²) in [5, 5.41) is 1.93. The lowest BCUT2D eigenvalue weighted by molar-refractivity contribution is -0.425. The van der Waals surface area contributed by atoms with E-state index in [0.717, 1.165) is 10.8 Å². The molecule has 0 saturated carbocycles. The summed E-state index contributed by atoms with van der Waals surface area (Å²) in [7, 11) is -3.18. The maximum absolute atomic E-state index is 11.4. The maximum atomic E-state index is 11.4. The van der Waals surface area contributed by atoms with Gasteiger partial charge in [-0.2, -0.15) is 0 Å². The molecule has 0 unspecified atom stereocenters. The molecular weight excluding hydrogens is 198 g/mol. The molecule has 3 nitrogen and oxygen atoms in total. The summed E-state index contributed by atoms with van der Waals surface area (Å²) in [6.07, 6.45) is 2.84. The molecule has 1 aromatic carbocycles. The zero-order valence-electron chi connectivity index (χ0n) is 7.69. The SMILES string of the molecule is CS(=O)(=O)c1[nH+]ccc2ccccc12. The van der Waals surface area contributed by atoms with E-state index in [0.29, 0.717) is 0 Å². The summed E-state index contributed by atoms with van der Waals surface area (Å²) < 4.78 is 22.8. The number of aromatic nitrogens is 1. The topological polar surface area (TPSA) is 48.3 Å². The fourth-order valence-corrected chi connectivity index (χ4v) is 2.31. The van der Waals surface area contributed by atoms with Gasteiger partial charge in [-0.15, -0.1) is 0 Å². The van der Waals surface area contributed by atoms with Crippen LogP contribution >= 0.6 is 0 Å². The minimum atomic E-state index is -3.18. The van der Waals surface area contributed by atoms with Crippen molar-refractivity contribution in [2.24, 2.45) is 0 Å². The zero-order valence-corrected chi connectivity index (χ0v) is 8.51. The Bertz CT molecular complexity index is 570. The zero-order chi connectivity index (χ0) is 10.2. The highest BCUT2D eigenvalue weighted by Crippen LogP contribution is 2.17. The second kappa shape index (κ2) is 3.06. The van der Waals surface area contributed by atoms with Crippen molar-refractivity contribution in [3.63, 3.8) is 0 Å². The molecule has 4 heteroatoms. The fourth-order valence-electron chi connectivity index (χ4n) is 1.44. The van der Waals surface area contributed by atoms with Gasteiger partial charge < -0.3 is 0 Å². The van der Waals surface area contributed by atoms with Crippen molar-refractivity contribution < 1.29 is 13.4 Å². The van der Waals surface area contributed by atoms with Crippen molar-refractivity contribution in [2.75, 3.05) is 6.26 Å². The molecule has 0 spiro atoms. The van der Waals surface area contributed by atoms with Gasteiger partial charge in [-0.1, -0.05) is 18.2 Å². The maximum Gasteiger partial charge on any atom is 0.303 e. The summed E-state index contributed by atoms with van der Waals surface area (Å²) >= 11 is 0. The van der Waals surface area contributed by atoms with Crippen molar-refractivity contribution in [2.45, 2.75) is 5.03 Å². The average Bonchev–Trinajstić information content (AvgIpc) is 2.15. The Morgan fingerprint density at radius 1 is 1.14 bits per heavy atom. The van der Waals surface area contributed by atoms with Crippen LogP contribution in [0.4, 0.5) is 0 Å². The average molecular weight is 208 g/mol. The van der Waals surface area contributed by atoms with Gasteiger partial charge in [0.1, 0.15) is 0 Å². The Balaban J connectivity index is 2.92. The second-order valence-corrected chi connectivity index (χ2v) is 5.12. The van der Waals surface area contributed by atoms with Crippen molar-refractivity contribution in [3.05, 3.63) is 36.5 Å². The predicted octanol–water partition coefficient (Wildman–Crippen LogP) is 1.06. The summed E-state index contributed by atoms with van der Waals surface area (Å²) in [5.74, 6) is 0. The highest BCUT2D eigenvalue weighted by molar-refractivity contribution is 7.90. The van der Waals surface area contributed by atoms with Gasteiger partial charge in [-0.3, -0.25) is 0 Å². The Kier molecular flexibility index (Phi) is 2.00. The van der Waals surface area contributed by atoms with E-state index in [2.05, 4.69) is 4.98 Å². The quantitative estimate of drug-likeness (QED) is 0.703. The molecule has 0 bridgehead atoms. The van der Waals surface area contributed by atoms with E-state index in [-0.39, 0.29) is 5.03 Å². The van der Waals surface area contributed by atoms with Crippen LogP contribution in [0.1, 0.15) is 0 Å². The second-order valence-electron chi connectivity index (χ2n) is 3.17. The van der Waals surface area contributed by atoms with Crippen molar-refractivity contribution in [3.8, 4) is 0 Å². The number of benzene rings is 1. The summed E-state index contributed by atoms with van der Waals surface area (Å²) in [6.45, 7) is 0. The minimum Gasteiger partial charge on any atom is -0.218 e. The first-order valence-corrected chi connectivity index (χ1v) is 6.08.